The van der Waals surface area contributed by atoms with E-state index in [0.717, 1.165) is 0 Å². The smallest absolute Gasteiger partial charge is 0.326 e. The second-order valence-corrected chi connectivity index (χ2v) is 5.69. The van der Waals surface area contributed by atoms with E-state index < -0.39 is 24.0 Å². The van der Waals surface area contributed by atoms with Crippen LogP contribution in [0.2, 0.25) is 0 Å². The summed E-state index contributed by atoms with van der Waals surface area (Å²) >= 11 is 0. The molecule has 120 valence electrons. The number of rotatable bonds is 6. The molecular weight excluding hydrogens is 278 g/mol. The first-order valence-electron chi connectivity index (χ1n) is 6.88. The first kappa shape index (κ1) is 17.2. The number of amides is 2. The Morgan fingerprint density at radius 2 is 1.90 bits per heavy atom. The Morgan fingerprint density at radius 1 is 1.29 bits per heavy atom. The lowest BCUT2D eigenvalue weighted by Crippen LogP contribution is -2.48. The van der Waals surface area contributed by atoms with E-state index in [2.05, 4.69) is 5.32 Å². The van der Waals surface area contributed by atoms with E-state index in [4.69, 9.17) is 10.2 Å². The lowest BCUT2D eigenvalue weighted by Gasteiger charge is -2.23. The number of carboxylic acid groups (broad SMARTS) is 2. The Morgan fingerprint density at radius 3 is 2.33 bits per heavy atom. The maximum Gasteiger partial charge on any atom is 0.326 e. The van der Waals surface area contributed by atoms with Crippen molar-refractivity contribution in [3.63, 3.8) is 0 Å². The van der Waals surface area contributed by atoms with Crippen LogP contribution in [0, 0.1) is 5.92 Å². The summed E-state index contributed by atoms with van der Waals surface area (Å²) in [6.45, 7) is 3.13. The maximum absolute atomic E-state index is 12.1. The number of carboxylic acids is 2. The van der Waals surface area contributed by atoms with Crippen LogP contribution in [0.3, 0.4) is 0 Å². The van der Waals surface area contributed by atoms with Crippen molar-refractivity contribution in [1.29, 1.82) is 0 Å². The van der Waals surface area contributed by atoms with Gasteiger partial charge >= 0.3 is 18.0 Å². The van der Waals surface area contributed by atoms with Crippen LogP contribution in [0.5, 0.6) is 0 Å². The summed E-state index contributed by atoms with van der Waals surface area (Å²) in [7, 11) is 3.88. The van der Waals surface area contributed by atoms with E-state index in [1.807, 2.05) is 25.9 Å². The third kappa shape index (κ3) is 4.89. The molecule has 1 saturated heterocycles. The summed E-state index contributed by atoms with van der Waals surface area (Å²) in [5.41, 5.74) is 0. The van der Waals surface area contributed by atoms with Crippen molar-refractivity contribution < 1.29 is 24.6 Å². The van der Waals surface area contributed by atoms with E-state index in [0.29, 0.717) is 19.0 Å². The molecule has 0 aromatic heterocycles. The molecule has 8 heteroatoms. The van der Waals surface area contributed by atoms with Gasteiger partial charge < -0.3 is 25.3 Å². The molecule has 2 unspecified atom stereocenters. The SMILES string of the molecule is CC1CN(C(=O)N[C@@H](CCC(=O)O)C(=O)O)CC1N(C)C. The standard InChI is InChI=1S/C13H23N3O5/c1-8-6-16(7-10(8)15(2)3)13(21)14-9(12(19)20)4-5-11(17)18/h8-10H,4-7H2,1-3H3,(H,14,21)(H,17,18)(H,19,20)/t8?,9-,10?/m0/s1. The molecule has 2 amide bonds. The minimum absolute atomic E-state index is 0.128. The van der Waals surface area contributed by atoms with Gasteiger partial charge in [-0.1, -0.05) is 6.92 Å². The molecule has 0 aromatic carbocycles. The summed E-state index contributed by atoms with van der Waals surface area (Å²) < 4.78 is 0. The number of likely N-dealkylation sites (tertiary alicyclic amines) is 1. The Balaban J connectivity index is 2.58. The van der Waals surface area contributed by atoms with Crippen LogP contribution in [-0.4, -0.2) is 77.3 Å². The fraction of sp³-hybridized carbons (Fsp3) is 0.769. The molecule has 1 aliphatic rings. The number of hydrogen-bond donors (Lipinski definition) is 3. The number of aliphatic carboxylic acids is 2. The van der Waals surface area contributed by atoms with E-state index in [1.54, 1.807) is 4.90 Å². The second kappa shape index (κ2) is 7.26. The average Bonchev–Trinajstić information content (AvgIpc) is 2.75. The van der Waals surface area contributed by atoms with Crippen molar-refractivity contribution >= 4 is 18.0 Å². The predicted octanol–water partition coefficient (Wildman–Crippen LogP) is -0.104. The molecule has 3 atom stereocenters. The second-order valence-electron chi connectivity index (χ2n) is 5.69. The van der Waals surface area contributed by atoms with Crippen molar-refractivity contribution in [2.45, 2.75) is 31.8 Å². The van der Waals surface area contributed by atoms with Crippen LogP contribution < -0.4 is 5.32 Å². The molecule has 0 radical (unpaired) electrons. The van der Waals surface area contributed by atoms with Crippen LogP contribution in [0.15, 0.2) is 0 Å². The van der Waals surface area contributed by atoms with Crippen LogP contribution >= 0.6 is 0 Å². The number of nitrogens with one attached hydrogen (secondary N) is 1. The van der Waals surface area contributed by atoms with Gasteiger partial charge in [-0.3, -0.25) is 4.79 Å². The minimum Gasteiger partial charge on any atom is -0.481 e. The van der Waals surface area contributed by atoms with Crippen LogP contribution in [0.1, 0.15) is 19.8 Å². The quantitative estimate of drug-likeness (QED) is 0.632. The van der Waals surface area contributed by atoms with Crippen molar-refractivity contribution in [3.05, 3.63) is 0 Å². The molecule has 0 spiro atoms. The molecule has 21 heavy (non-hydrogen) atoms. The number of hydrogen-bond acceptors (Lipinski definition) is 4. The lowest BCUT2D eigenvalue weighted by atomic mass is 10.1. The summed E-state index contributed by atoms with van der Waals surface area (Å²) in [4.78, 5) is 37.3. The van der Waals surface area contributed by atoms with Crippen molar-refractivity contribution in [2.75, 3.05) is 27.2 Å². The highest BCUT2D eigenvalue weighted by Crippen LogP contribution is 2.20. The molecule has 1 heterocycles. The summed E-state index contributed by atoms with van der Waals surface area (Å²) in [6.07, 6.45) is -0.426. The number of carbonyl (C=O) groups is 3. The maximum atomic E-state index is 12.1. The summed E-state index contributed by atoms with van der Waals surface area (Å²) in [6, 6.07) is -1.40. The van der Waals surface area contributed by atoms with E-state index in [9.17, 15) is 14.4 Å². The number of likely N-dealkylation sites (N-methyl/N-ethyl adjacent to an activating group) is 1. The zero-order valence-corrected chi connectivity index (χ0v) is 12.6. The Bertz CT molecular complexity index is 413. The fourth-order valence-corrected chi connectivity index (χ4v) is 2.55. The third-order valence-electron chi connectivity index (χ3n) is 3.77. The van der Waals surface area contributed by atoms with Gasteiger partial charge in [-0.05, 0) is 26.4 Å². The Hall–Kier alpha value is -1.83. The van der Waals surface area contributed by atoms with Crippen molar-refractivity contribution in [3.8, 4) is 0 Å². The molecule has 0 aromatic rings. The molecule has 3 N–H and O–H groups in total. The Kier molecular flexibility index (Phi) is 5.95. The van der Waals surface area contributed by atoms with Gasteiger partial charge in [-0.15, -0.1) is 0 Å². The highest BCUT2D eigenvalue weighted by Gasteiger charge is 2.34. The van der Waals surface area contributed by atoms with Gasteiger partial charge in [-0.25, -0.2) is 9.59 Å². The molecule has 1 fully saturated rings. The van der Waals surface area contributed by atoms with Gasteiger partial charge in [0.2, 0.25) is 0 Å². The highest BCUT2D eigenvalue weighted by molar-refractivity contribution is 5.83. The number of urea groups is 1. The van der Waals surface area contributed by atoms with Crippen LogP contribution in [0.25, 0.3) is 0 Å². The first-order chi connectivity index (χ1) is 9.72. The molecular formula is C13H23N3O5. The molecule has 0 bridgehead atoms. The lowest BCUT2D eigenvalue weighted by molar-refractivity contribution is -0.140. The largest absolute Gasteiger partial charge is 0.481 e. The molecule has 8 nitrogen and oxygen atoms in total. The molecule has 1 rings (SSSR count). The normalized spacial score (nSPS) is 23.1. The zero-order chi connectivity index (χ0) is 16.2. The average molecular weight is 301 g/mol. The summed E-state index contributed by atoms with van der Waals surface area (Å²) in [5, 5.41) is 20.0. The van der Waals surface area contributed by atoms with Gasteiger partial charge in [0, 0.05) is 25.6 Å². The minimum atomic E-state index is -1.22. The molecule has 0 aliphatic carbocycles. The molecule has 1 aliphatic heterocycles. The van der Waals surface area contributed by atoms with E-state index >= 15 is 0 Å². The van der Waals surface area contributed by atoms with Crippen LogP contribution in [0.4, 0.5) is 4.79 Å². The van der Waals surface area contributed by atoms with E-state index in [1.165, 1.54) is 0 Å². The van der Waals surface area contributed by atoms with Crippen molar-refractivity contribution in [2.24, 2.45) is 5.92 Å². The van der Waals surface area contributed by atoms with E-state index in [-0.39, 0.29) is 18.9 Å². The number of carbonyl (C=O) groups excluding carboxylic acids is 1. The first-order valence-corrected chi connectivity index (χ1v) is 6.88. The Labute approximate surface area is 123 Å². The fourth-order valence-electron chi connectivity index (χ4n) is 2.55. The highest BCUT2D eigenvalue weighted by atomic mass is 16.4. The van der Waals surface area contributed by atoms with Crippen molar-refractivity contribution in [1.82, 2.24) is 15.1 Å². The van der Waals surface area contributed by atoms with Gasteiger partial charge in [-0.2, -0.15) is 0 Å². The van der Waals surface area contributed by atoms with Gasteiger partial charge in [0.15, 0.2) is 0 Å². The number of nitrogens with zero attached hydrogens (tertiary/aromatic N) is 2. The zero-order valence-electron chi connectivity index (χ0n) is 12.6. The molecule has 0 saturated carbocycles. The predicted molar refractivity (Wildman–Crippen MR) is 75.0 cm³/mol. The summed E-state index contributed by atoms with van der Waals surface area (Å²) in [5.74, 6) is -2.01. The third-order valence-corrected chi connectivity index (χ3v) is 3.77. The van der Waals surface area contributed by atoms with Gasteiger partial charge in [0.25, 0.3) is 0 Å². The van der Waals surface area contributed by atoms with Crippen LogP contribution in [-0.2, 0) is 9.59 Å². The van der Waals surface area contributed by atoms with Gasteiger partial charge in [0.05, 0.1) is 0 Å². The topological polar surface area (TPSA) is 110 Å². The monoisotopic (exact) mass is 301 g/mol. The van der Waals surface area contributed by atoms with Gasteiger partial charge in [0.1, 0.15) is 6.04 Å².